The van der Waals surface area contributed by atoms with Crippen LogP contribution in [0.15, 0.2) is 0 Å². The summed E-state index contributed by atoms with van der Waals surface area (Å²) in [7, 11) is 3.35. The molecule has 5 nitrogen and oxygen atoms in total. The summed E-state index contributed by atoms with van der Waals surface area (Å²) >= 11 is -5.19. The van der Waals surface area contributed by atoms with Crippen molar-refractivity contribution in [2.75, 3.05) is 0 Å². The molecule has 0 rings (SSSR count). The van der Waals surface area contributed by atoms with Crippen molar-refractivity contribution in [2.24, 2.45) is 0 Å². The SMILES string of the molecule is [NH4+].[NH4+].[O]=[Mo]([O-])([O-])=[S]. The molecule has 0 atom stereocenters. The van der Waals surface area contributed by atoms with Gasteiger partial charge in [0.2, 0.25) is 0 Å². The molecule has 0 unspecified atom stereocenters. The van der Waals surface area contributed by atoms with Gasteiger partial charge in [-0.15, -0.1) is 0 Å². The Labute approximate surface area is 48.4 Å². The quantitative estimate of drug-likeness (QED) is 0.492. The normalized spacial score (nSPS) is 8.29. The first-order valence-electron chi connectivity index (χ1n) is 0.667. The zero-order chi connectivity index (χ0) is 4.50. The van der Waals surface area contributed by atoms with E-state index in [1.165, 1.54) is 0 Å². The van der Waals surface area contributed by atoms with Crippen LogP contribution in [-0.2, 0) is 18.4 Å². The van der Waals surface area contributed by atoms with E-state index in [-0.39, 0.29) is 12.3 Å². The van der Waals surface area contributed by atoms with Gasteiger partial charge in [0.05, 0.1) is 0 Å². The molecule has 0 radical (unpaired) electrons. The molecule has 0 saturated heterocycles. The molecule has 7 heavy (non-hydrogen) atoms. The summed E-state index contributed by atoms with van der Waals surface area (Å²) < 4.78 is 27.0. The molecular weight excluding hydrogens is 204 g/mol. The van der Waals surface area contributed by atoms with Gasteiger partial charge in [0.1, 0.15) is 0 Å². The van der Waals surface area contributed by atoms with Crippen molar-refractivity contribution < 1.29 is 25.9 Å². The molecule has 0 saturated carbocycles. The van der Waals surface area contributed by atoms with E-state index in [0.717, 1.165) is 0 Å². The fourth-order valence-corrected chi connectivity index (χ4v) is 0. The van der Waals surface area contributed by atoms with Crippen LogP contribution in [0.5, 0.6) is 0 Å². The third-order valence-electron chi connectivity index (χ3n) is 0. The van der Waals surface area contributed by atoms with Crippen LogP contribution in [0.1, 0.15) is 0 Å². The third kappa shape index (κ3) is 451. The summed E-state index contributed by atoms with van der Waals surface area (Å²) in [6.45, 7) is 0. The van der Waals surface area contributed by atoms with Crippen molar-refractivity contribution in [3.05, 3.63) is 0 Å². The molecule has 0 aliphatic rings. The molecule has 0 aliphatic carbocycles. The first-order valence-corrected chi connectivity index (χ1v) is 5.92. The van der Waals surface area contributed by atoms with Gasteiger partial charge < -0.3 is 12.3 Å². The Morgan fingerprint density at radius 3 is 1.29 bits per heavy atom. The molecule has 0 fully saturated rings. The van der Waals surface area contributed by atoms with Gasteiger partial charge in [-0.1, -0.05) is 0 Å². The molecule has 0 bridgehead atoms. The van der Waals surface area contributed by atoms with Gasteiger partial charge in [-0.3, -0.25) is 0 Å². The maximum absolute atomic E-state index is 9.00. The number of hydrogen-bond donors (Lipinski definition) is 2. The molecule has 0 aromatic carbocycles. The van der Waals surface area contributed by atoms with Crippen LogP contribution in [0, 0.1) is 0 Å². The second-order valence-corrected chi connectivity index (χ2v) is 4.83. The number of hydrogen-bond acceptors (Lipinski definition) is 4. The van der Waals surface area contributed by atoms with Crippen LogP contribution in [0.3, 0.4) is 0 Å². The van der Waals surface area contributed by atoms with E-state index in [1.54, 1.807) is 0 Å². The van der Waals surface area contributed by atoms with E-state index < -0.39 is 15.0 Å². The molecule has 8 N–H and O–H groups in total. The van der Waals surface area contributed by atoms with Crippen LogP contribution in [0.2, 0.25) is 0 Å². The Morgan fingerprint density at radius 1 is 1.29 bits per heavy atom. The number of rotatable bonds is 0. The van der Waals surface area contributed by atoms with Crippen LogP contribution < -0.4 is 19.8 Å². The monoisotopic (exact) mass is 214 g/mol. The van der Waals surface area contributed by atoms with E-state index in [0.29, 0.717) is 0 Å². The Hall–Kier alpha value is 0.548. The van der Waals surface area contributed by atoms with Crippen molar-refractivity contribution in [1.82, 2.24) is 12.3 Å². The summed E-state index contributed by atoms with van der Waals surface area (Å²) in [5, 5.41) is 0. The van der Waals surface area contributed by atoms with Crippen molar-refractivity contribution in [3.8, 4) is 0 Å². The van der Waals surface area contributed by atoms with Gasteiger partial charge >= 0.3 is 35.7 Å². The van der Waals surface area contributed by atoms with Crippen LogP contribution in [0.25, 0.3) is 0 Å². The molecular formula is H8MoN2O3S. The Morgan fingerprint density at radius 2 is 1.29 bits per heavy atom. The van der Waals surface area contributed by atoms with Crippen molar-refractivity contribution in [1.29, 1.82) is 0 Å². The van der Waals surface area contributed by atoms with Gasteiger partial charge in [0.25, 0.3) is 0 Å². The molecule has 0 amide bonds. The van der Waals surface area contributed by atoms with Gasteiger partial charge in [-0.05, 0) is 0 Å². The fraction of sp³-hybridized carbons (Fsp3) is 0. The number of quaternary nitrogens is 2. The zero-order valence-electron chi connectivity index (χ0n) is 4.04. The average Bonchev–Trinajstić information content (AvgIpc) is 0.722. The summed E-state index contributed by atoms with van der Waals surface area (Å²) in [5.74, 6) is 0. The Kier molecular flexibility index (Phi) is 10.5. The second kappa shape index (κ2) is 4.70. The van der Waals surface area contributed by atoms with Gasteiger partial charge in [0, 0.05) is 0 Å². The predicted octanol–water partition coefficient (Wildman–Crippen LogP) is -1.10. The van der Waals surface area contributed by atoms with E-state index in [4.69, 9.17) is 10.9 Å². The minimum absolute atomic E-state index is 0. The molecule has 7 heteroatoms. The molecule has 0 heterocycles. The second-order valence-electron chi connectivity index (χ2n) is 0.408. The third-order valence-corrected chi connectivity index (χ3v) is 0. The van der Waals surface area contributed by atoms with Crippen LogP contribution >= 0.6 is 9.82 Å². The Balaban J connectivity index is -0.0000000800. The van der Waals surface area contributed by atoms with E-state index in [9.17, 15) is 0 Å². The topological polar surface area (TPSA) is 136 Å². The van der Waals surface area contributed by atoms with E-state index >= 15 is 0 Å². The first-order chi connectivity index (χ1) is 2.00. The minimum atomic E-state index is -5.19. The van der Waals surface area contributed by atoms with Crippen molar-refractivity contribution >= 4 is 9.82 Å². The fourth-order valence-electron chi connectivity index (χ4n) is 0. The summed E-state index contributed by atoms with van der Waals surface area (Å²) in [6.07, 6.45) is 0. The van der Waals surface area contributed by atoms with E-state index in [1.807, 2.05) is 0 Å². The zero-order valence-corrected chi connectivity index (χ0v) is 6.86. The van der Waals surface area contributed by atoms with Crippen LogP contribution in [0.4, 0.5) is 0 Å². The van der Waals surface area contributed by atoms with E-state index in [2.05, 4.69) is 9.82 Å². The molecule has 0 aromatic rings. The van der Waals surface area contributed by atoms with Gasteiger partial charge in [-0.2, -0.15) is 0 Å². The van der Waals surface area contributed by atoms with Gasteiger partial charge in [0.15, 0.2) is 0 Å². The average molecular weight is 212 g/mol. The van der Waals surface area contributed by atoms with Crippen molar-refractivity contribution in [2.45, 2.75) is 0 Å². The first kappa shape index (κ1) is 15.6. The van der Waals surface area contributed by atoms with Crippen LogP contribution in [-0.4, -0.2) is 0 Å². The Bertz CT molecular complexity index is 96.1. The maximum atomic E-state index is 9.00. The molecule has 48 valence electrons. The summed E-state index contributed by atoms with van der Waals surface area (Å²) in [6, 6.07) is 0. The summed E-state index contributed by atoms with van der Waals surface area (Å²) in [5.41, 5.74) is 0. The van der Waals surface area contributed by atoms with Crippen molar-refractivity contribution in [3.63, 3.8) is 0 Å². The van der Waals surface area contributed by atoms with Gasteiger partial charge in [-0.25, -0.2) is 0 Å². The standard InChI is InChI=1S/Mo.2H3N.3O.S/h;2*1H3;;;;/q;;;;2*-1;/p+2. The predicted molar refractivity (Wildman–Crippen MR) is 20.2 cm³/mol. The molecule has 0 aliphatic heterocycles. The molecule has 0 spiro atoms. The summed E-state index contributed by atoms with van der Waals surface area (Å²) in [4.78, 5) is 0. The molecule has 0 aromatic heterocycles.